The van der Waals surface area contributed by atoms with Crippen molar-refractivity contribution in [2.75, 3.05) is 0 Å². The van der Waals surface area contributed by atoms with Crippen LogP contribution in [0.2, 0.25) is 0 Å². The predicted octanol–water partition coefficient (Wildman–Crippen LogP) is 7.35. The van der Waals surface area contributed by atoms with Gasteiger partial charge in [0.25, 0.3) is 0 Å². The Labute approximate surface area is 173 Å². The minimum Gasteiger partial charge on any atom is -0.481 e. The molecule has 2 saturated carbocycles. The molecule has 1 atom stereocenters. The summed E-state index contributed by atoms with van der Waals surface area (Å²) in [4.78, 5) is 11.1. The van der Waals surface area contributed by atoms with Gasteiger partial charge >= 0.3 is 5.97 Å². The van der Waals surface area contributed by atoms with E-state index in [0.717, 1.165) is 43.4 Å². The van der Waals surface area contributed by atoms with Crippen molar-refractivity contribution >= 4 is 5.97 Å². The van der Waals surface area contributed by atoms with Crippen LogP contribution >= 0.6 is 0 Å². The van der Waals surface area contributed by atoms with Gasteiger partial charge < -0.3 is 5.11 Å². The molecule has 0 aromatic carbocycles. The van der Waals surface area contributed by atoms with Crippen LogP contribution in [-0.4, -0.2) is 11.1 Å². The summed E-state index contributed by atoms with van der Waals surface area (Å²) in [6.45, 7) is 4.24. The van der Waals surface area contributed by atoms with Gasteiger partial charge in [-0.15, -0.1) is 0 Å². The number of nitriles is 1. The van der Waals surface area contributed by atoms with E-state index in [0.29, 0.717) is 0 Å². The standard InChI is InChI=1S/C25H43NO2/c1-3-4-5-6-7-8-9-21-10-12-22(13-11-21)23-14-16-25(19-26,17-15-23)20(2)18-24(27)28/h20-23H,3-18H2,1-2H3,(H,27,28)/t20-,21?,22?,23-,25-/m1/s1. The minimum atomic E-state index is -0.770. The summed E-state index contributed by atoms with van der Waals surface area (Å²) in [6, 6.07) is 2.53. The molecule has 2 fully saturated rings. The Morgan fingerprint density at radius 2 is 1.57 bits per heavy atom. The van der Waals surface area contributed by atoms with Crippen LogP contribution in [0.3, 0.4) is 0 Å². The molecule has 0 radical (unpaired) electrons. The zero-order chi connectivity index (χ0) is 20.4. The molecule has 160 valence electrons. The molecule has 28 heavy (non-hydrogen) atoms. The largest absolute Gasteiger partial charge is 0.481 e. The van der Waals surface area contributed by atoms with E-state index in [1.165, 1.54) is 70.6 Å². The second-order valence-electron chi connectivity index (χ2n) is 9.94. The number of carboxylic acids is 1. The molecule has 3 nitrogen and oxygen atoms in total. The Morgan fingerprint density at radius 1 is 1.00 bits per heavy atom. The fourth-order valence-electron chi connectivity index (χ4n) is 5.96. The van der Waals surface area contributed by atoms with Crippen LogP contribution in [0.4, 0.5) is 0 Å². The molecule has 2 rings (SSSR count). The number of aliphatic carboxylic acids is 1. The van der Waals surface area contributed by atoms with Crippen LogP contribution in [0.5, 0.6) is 0 Å². The second-order valence-corrected chi connectivity index (χ2v) is 9.94. The average molecular weight is 390 g/mol. The maximum absolute atomic E-state index is 11.1. The van der Waals surface area contributed by atoms with E-state index >= 15 is 0 Å². The number of hydrogen-bond acceptors (Lipinski definition) is 2. The molecule has 2 aliphatic carbocycles. The van der Waals surface area contributed by atoms with Crippen LogP contribution in [-0.2, 0) is 4.79 Å². The normalized spacial score (nSPS) is 31.8. The highest BCUT2D eigenvalue weighted by Crippen LogP contribution is 2.49. The smallest absolute Gasteiger partial charge is 0.303 e. The number of rotatable bonds is 11. The van der Waals surface area contributed by atoms with Gasteiger partial charge in [-0.05, 0) is 62.2 Å². The molecule has 0 heterocycles. The molecule has 0 aromatic heterocycles. The molecule has 0 aliphatic heterocycles. The van der Waals surface area contributed by atoms with E-state index < -0.39 is 11.4 Å². The van der Waals surface area contributed by atoms with E-state index in [4.69, 9.17) is 5.11 Å². The Morgan fingerprint density at radius 3 is 2.14 bits per heavy atom. The number of hydrogen-bond donors (Lipinski definition) is 1. The lowest BCUT2D eigenvalue weighted by Gasteiger charge is -2.43. The van der Waals surface area contributed by atoms with Crippen molar-refractivity contribution in [3.8, 4) is 6.07 Å². The number of unbranched alkanes of at least 4 members (excludes halogenated alkanes) is 5. The second kappa shape index (κ2) is 11.8. The summed E-state index contributed by atoms with van der Waals surface area (Å²) < 4.78 is 0. The zero-order valence-electron chi connectivity index (χ0n) is 18.4. The van der Waals surface area contributed by atoms with Gasteiger partial charge in [0.1, 0.15) is 0 Å². The first-order valence-electron chi connectivity index (χ1n) is 12.1. The van der Waals surface area contributed by atoms with Crippen molar-refractivity contribution in [1.82, 2.24) is 0 Å². The molecule has 0 unspecified atom stereocenters. The van der Waals surface area contributed by atoms with Crippen molar-refractivity contribution in [2.24, 2.45) is 29.1 Å². The topological polar surface area (TPSA) is 61.1 Å². The Bertz CT molecular complexity index is 493. The first-order chi connectivity index (χ1) is 13.5. The molecular weight excluding hydrogens is 346 g/mol. The summed E-state index contributed by atoms with van der Waals surface area (Å²) in [5.41, 5.74) is -0.399. The fourth-order valence-corrected chi connectivity index (χ4v) is 5.96. The molecule has 0 saturated heterocycles. The van der Waals surface area contributed by atoms with Gasteiger partial charge in [-0.3, -0.25) is 4.79 Å². The molecule has 2 aliphatic rings. The first kappa shape index (κ1) is 23.2. The molecule has 3 heteroatoms. The van der Waals surface area contributed by atoms with Crippen molar-refractivity contribution in [1.29, 1.82) is 5.26 Å². The fraction of sp³-hybridized carbons (Fsp3) is 0.920. The number of nitrogens with zero attached hydrogens (tertiary/aromatic N) is 1. The lowest BCUT2D eigenvalue weighted by atomic mass is 9.60. The van der Waals surface area contributed by atoms with Crippen LogP contribution < -0.4 is 0 Å². The Balaban J connectivity index is 1.67. The van der Waals surface area contributed by atoms with Gasteiger partial charge in [0.2, 0.25) is 0 Å². The van der Waals surface area contributed by atoms with Gasteiger partial charge in [-0.1, -0.05) is 71.6 Å². The molecule has 0 aromatic rings. The summed E-state index contributed by atoms with van der Waals surface area (Å²) in [7, 11) is 0. The van der Waals surface area contributed by atoms with E-state index in [-0.39, 0.29) is 12.3 Å². The number of carboxylic acid groups (broad SMARTS) is 1. The van der Waals surface area contributed by atoms with Crippen molar-refractivity contribution in [3.05, 3.63) is 0 Å². The van der Waals surface area contributed by atoms with E-state index in [1.807, 2.05) is 6.92 Å². The van der Waals surface area contributed by atoms with Gasteiger partial charge in [-0.2, -0.15) is 5.26 Å². The first-order valence-corrected chi connectivity index (χ1v) is 12.1. The van der Waals surface area contributed by atoms with Crippen molar-refractivity contribution < 1.29 is 9.90 Å². The van der Waals surface area contributed by atoms with Crippen LogP contribution in [0.15, 0.2) is 0 Å². The number of carbonyl (C=O) groups is 1. The predicted molar refractivity (Wildman–Crippen MR) is 115 cm³/mol. The summed E-state index contributed by atoms with van der Waals surface area (Å²) >= 11 is 0. The minimum absolute atomic E-state index is 0.0380. The zero-order valence-corrected chi connectivity index (χ0v) is 18.4. The molecule has 0 bridgehead atoms. The van der Waals surface area contributed by atoms with Gasteiger partial charge in [-0.25, -0.2) is 0 Å². The highest BCUT2D eigenvalue weighted by molar-refractivity contribution is 5.67. The third-order valence-corrected chi connectivity index (χ3v) is 8.09. The van der Waals surface area contributed by atoms with E-state index in [2.05, 4.69) is 13.0 Å². The maximum atomic E-state index is 11.1. The van der Waals surface area contributed by atoms with Crippen LogP contribution in [0.1, 0.15) is 117 Å². The molecular formula is C25H43NO2. The van der Waals surface area contributed by atoms with Crippen LogP contribution in [0.25, 0.3) is 0 Å². The third kappa shape index (κ3) is 6.78. The van der Waals surface area contributed by atoms with Crippen LogP contribution in [0, 0.1) is 40.4 Å². The lowest BCUT2D eigenvalue weighted by Crippen LogP contribution is -2.36. The summed E-state index contributed by atoms with van der Waals surface area (Å²) in [5.74, 6) is 1.78. The van der Waals surface area contributed by atoms with Gasteiger partial charge in [0.15, 0.2) is 0 Å². The lowest BCUT2D eigenvalue weighted by molar-refractivity contribution is -0.139. The summed E-state index contributed by atoms with van der Waals surface area (Å²) in [6.07, 6.45) is 19.6. The Hall–Kier alpha value is -1.04. The average Bonchev–Trinajstić information content (AvgIpc) is 2.70. The van der Waals surface area contributed by atoms with Crippen molar-refractivity contribution in [2.45, 2.75) is 117 Å². The monoisotopic (exact) mass is 389 g/mol. The molecule has 0 spiro atoms. The SMILES string of the molecule is CCCCCCCCC1CCC([C@H]2CC[C@](C#N)([C@H](C)CC(=O)O)CC2)CC1. The van der Waals surface area contributed by atoms with E-state index in [1.54, 1.807) is 0 Å². The van der Waals surface area contributed by atoms with E-state index in [9.17, 15) is 10.1 Å². The highest BCUT2D eigenvalue weighted by Gasteiger charge is 2.42. The summed E-state index contributed by atoms with van der Waals surface area (Å²) in [5, 5.41) is 18.9. The molecule has 1 N–H and O–H groups in total. The van der Waals surface area contributed by atoms with Gasteiger partial charge in [0.05, 0.1) is 11.5 Å². The highest BCUT2D eigenvalue weighted by atomic mass is 16.4. The molecule has 0 amide bonds. The maximum Gasteiger partial charge on any atom is 0.303 e. The van der Waals surface area contributed by atoms with Gasteiger partial charge in [0, 0.05) is 6.42 Å². The van der Waals surface area contributed by atoms with Crippen molar-refractivity contribution in [3.63, 3.8) is 0 Å². The third-order valence-electron chi connectivity index (χ3n) is 8.09. The quantitative estimate of drug-likeness (QED) is 0.376. The Kier molecular flexibility index (Phi) is 9.83.